The predicted octanol–water partition coefficient (Wildman–Crippen LogP) is 4.73. The van der Waals surface area contributed by atoms with Crippen molar-refractivity contribution in [1.82, 2.24) is 19.8 Å². The molecule has 2 fully saturated rings. The van der Waals surface area contributed by atoms with Gasteiger partial charge in [0.05, 0.1) is 5.69 Å². The van der Waals surface area contributed by atoms with Crippen molar-refractivity contribution in [3.8, 4) is 11.8 Å². The van der Waals surface area contributed by atoms with Crippen LogP contribution in [0.5, 0.6) is 11.8 Å². The van der Waals surface area contributed by atoms with E-state index in [1.807, 2.05) is 36.2 Å². The lowest BCUT2D eigenvalue weighted by Gasteiger charge is -2.41. The Hall–Kier alpha value is -3.23. The van der Waals surface area contributed by atoms with E-state index in [9.17, 15) is 9.50 Å². The predicted molar refractivity (Wildman–Crippen MR) is 157 cm³/mol. The Balaban J connectivity index is 1.33. The molecule has 8 heteroatoms. The van der Waals surface area contributed by atoms with Gasteiger partial charge in [-0.05, 0) is 74.0 Å². The third-order valence-electron chi connectivity index (χ3n) is 8.96. The number of alkyl halides is 1. The number of benzene rings is 2. The van der Waals surface area contributed by atoms with Gasteiger partial charge >= 0.3 is 6.01 Å². The highest BCUT2D eigenvalue weighted by Gasteiger charge is 2.33. The molecule has 0 saturated carbocycles. The van der Waals surface area contributed by atoms with Crippen molar-refractivity contribution in [2.45, 2.75) is 56.8 Å². The van der Waals surface area contributed by atoms with E-state index in [0.717, 1.165) is 67.9 Å². The number of hydrogen-bond donors (Lipinski definition) is 1. The molecule has 0 radical (unpaired) electrons. The van der Waals surface area contributed by atoms with Crippen LogP contribution in [0.2, 0.25) is 0 Å². The number of aromatic nitrogens is 2. The van der Waals surface area contributed by atoms with Gasteiger partial charge in [-0.3, -0.25) is 9.80 Å². The Kier molecular flexibility index (Phi) is 7.64. The maximum absolute atomic E-state index is 14.0. The normalized spacial score (nSPS) is 25.7. The number of likely N-dealkylation sites (N-methyl/N-ethyl adjacent to an activating group) is 1. The van der Waals surface area contributed by atoms with Crippen molar-refractivity contribution in [2.24, 2.45) is 0 Å². The monoisotopic (exact) mass is 545 g/mol. The van der Waals surface area contributed by atoms with E-state index in [0.29, 0.717) is 37.4 Å². The summed E-state index contributed by atoms with van der Waals surface area (Å²) in [7, 11) is 1.95. The van der Waals surface area contributed by atoms with Crippen LogP contribution in [0.3, 0.4) is 0 Å². The molecular weight excluding hydrogens is 505 g/mol. The van der Waals surface area contributed by atoms with Crippen LogP contribution >= 0.6 is 0 Å². The summed E-state index contributed by atoms with van der Waals surface area (Å²) < 4.78 is 20.2. The number of anilines is 1. The van der Waals surface area contributed by atoms with E-state index >= 15 is 0 Å². The summed E-state index contributed by atoms with van der Waals surface area (Å²) in [6, 6.07) is 12.7. The minimum atomic E-state index is -0.816. The maximum Gasteiger partial charge on any atom is 0.318 e. The quantitative estimate of drug-likeness (QED) is 0.431. The first-order chi connectivity index (χ1) is 19.4. The molecule has 1 aromatic heterocycles. The first-order valence-electron chi connectivity index (χ1n) is 14.6. The zero-order chi connectivity index (χ0) is 27.8. The van der Waals surface area contributed by atoms with E-state index in [4.69, 9.17) is 14.7 Å². The van der Waals surface area contributed by atoms with Gasteiger partial charge in [0.15, 0.2) is 0 Å². The number of aromatic hydroxyl groups is 1. The van der Waals surface area contributed by atoms with Crippen molar-refractivity contribution in [2.75, 3.05) is 51.3 Å². The minimum absolute atomic E-state index is 0.0193. The number of phenolic OH excluding ortho intramolecular Hbond substituents is 1. The Bertz CT molecular complexity index is 1380. The second kappa shape index (κ2) is 11.3. The molecule has 2 aromatic carbocycles. The number of ether oxygens (including phenoxy) is 1. The molecule has 0 unspecified atom stereocenters. The molecule has 0 bridgehead atoms. The Labute approximate surface area is 236 Å². The molecule has 0 spiro atoms. The number of hydrogen-bond acceptors (Lipinski definition) is 7. The number of rotatable bonds is 7. The molecule has 3 aliphatic rings. The summed E-state index contributed by atoms with van der Waals surface area (Å²) >= 11 is 0. The molecule has 2 aliphatic heterocycles. The van der Waals surface area contributed by atoms with E-state index in [-0.39, 0.29) is 12.0 Å². The van der Waals surface area contributed by atoms with Crippen molar-refractivity contribution in [1.29, 1.82) is 0 Å². The number of nitrogens with zero attached hydrogens (tertiary/aromatic N) is 5. The molecular formula is C32H40FN5O2. The van der Waals surface area contributed by atoms with Gasteiger partial charge in [0.1, 0.15) is 24.3 Å². The van der Waals surface area contributed by atoms with E-state index < -0.39 is 6.17 Å². The number of likely N-dealkylation sites (tertiary alicyclic amines) is 1. The van der Waals surface area contributed by atoms with Crippen LogP contribution in [-0.2, 0) is 12.8 Å². The zero-order valence-corrected chi connectivity index (χ0v) is 23.6. The van der Waals surface area contributed by atoms with Gasteiger partial charge in [-0.1, -0.05) is 30.3 Å². The van der Waals surface area contributed by atoms with Gasteiger partial charge < -0.3 is 14.7 Å². The van der Waals surface area contributed by atoms with Crippen LogP contribution in [0.25, 0.3) is 10.8 Å². The van der Waals surface area contributed by atoms with Gasteiger partial charge in [0.2, 0.25) is 0 Å². The second-order valence-electron chi connectivity index (χ2n) is 11.8. The Morgan fingerprint density at radius 1 is 1.18 bits per heavy atom. The average Bonchev–Trinajstić information content (AvgIpc) is 3.27. The molecule has 6 rings (SSSR count). The molecule has 2 saturated heterocycles. The molecule has 40 heavy (non-hydrogen) atoms. The summed E-state index contributed by atoms with van der Waals surface area (Å²) in [5.74, 6) is 1.51. The Morgan fingerprint density at radius 3 is 2.80 bits per heavy atom. The van der Waals surface area contributed by atoms with Crippen LogP contribution in [0.4, 0.5) is 10.2 Å². The van der Waals surface area contributed by atoms with Gasteiger partial charge in [0.25, 0.3) is 0 Å². The minimum Gasteiger partial charge on any atom is -0.508 e. The molecule has 4 atom stereocenters. The highest BCUT2D eigenvalue weighted by atomic mass is 19.1. The largest absolute Gasteiger partial charge is 0.508 e. The molecule has 7 nitrogen and oxygen atoms in total. The first-order valence-corrected chi connectivity index (χ1v) is 14.6. The standard InChI is InChI=1S/C32H40FN5O2/c1-4-11-37-12-13-38(21(2)18-37)31-28-10-9-23(29-17-26(39)14-22-7-5-6-8-27(22)29)15-30(28)34-32(35-31)40-20-25-16-24(33)19-36(25)3/h4-8,14,17,21,23-25,39H,1,9-13,15-16,18-20H2,2-3H3/t21-,23+,24-,25-/m0/s1. The second-order valence-corrected chi connectivity index (χ2v) is 11.8. The number of halogens is 1. The van der Waals surface area contributed by atoms with Gasteiger partial charge in [-0.25, -0.2) is 4.39 Å². The maximum atomic E-state index is 14.0. The van der Waals surface area contributed by atoms with Gasteiger partial charge in [0, 0.05) is 50.4 Å². The van der Waals surface area contributed by atoms with E-state index in [2.05, 4.69) is 41.5 Å². The molecule has 212 valence electrons. The van der Waals surface area contributed by atoms with E-state index in [1.54, 1.807) is 0 Å². The van der Waals surface area contributed by atoms with Crippen molar-refractivity contribution in [3.63, 3.8) is 0 Å². The Morgan fingerprint density at radius 2 is 2.02 bits per heavy atom. The molecule has 1 aliphatic carbocycles. The fourth-order valence-corrected chi connectivity index (χ4v) is 6.88. The number of fused-ring (bicyclic) bond motifs is 2. The topological polar surface area (TPSA) is 65.0 Å². The summed E-state index contributed by atoms with van der Waals surface area (Å²) in [6.45, 7) is 10.6. The van der Waals surface area contributed by atoms with Gasteiger partial charge in [-0.15, -0.1) is 6.58 Å². The zero-order valence-electron chi connectivity index (χ0n) is 23.6. The van der Waals surface area contributed by atoms with Crippen LogP contribution in [0.1, 0.15) is 42.5 Å². The lowest BCUT2D eigenvalue weighted by molar-refractivity contribution is 0.186. The lowest BCUT2D eigenvalue weighted by Crippen LogP contribution is -2.52. The van der Waals surface area contributed by atoms with Crippen molar-refractivity contribution in [3.05, 3.63) is 65.9 Å². The highest BCUT2D eigenvalue weighted by Crippen LogP contribution is 2.40. The fourth-order valence-electron chi connectivity index (χ4n) is 6.88. The van der Waals surface area contributed by atoms with Crippen LogP contribution in [0, 0.1) is 0 Å². The van der Waals surface area contributed by atoms with Crippen LogP contribution in [-0.4, -0.2) is 89.5 Å². The summed E-state index contributed by atoms with van der Waals surface area (Å²) in [4.78, 5) is 16.8. The highest BCUT2D eigenvalue weighted by molar-refractivity contribution is 5.87. The SMILES string of the molecule is C=CCN1CCN(c2nc(OC[C@@H]3C[C@H](F)CN3C)nc3c2CC[C@@H](c2cc(O)cc4ccccc24)C3)[C@@H](C)C1. The molecule has 3 aromatic rings. The third kappa shape index (κ3) is 5.39. The fraction of sp³-hybridized carbons (Fsp3) is 0.500. The first kappa shape index (κ1) is 27.0. The lowest BCUT2D eigenvalue weighted by atomic mass is 9.80. The number of piperazine rings is 1. The summed E-state index contributed by atoms with van der Waals surface area (Å²) in [6.07, 6.45) is 4.22. The van der Waals surface area contributed by atoms with E-state index in [1.165, 1.54) is 10.9 Å². The van der Waals surface area contributed by atoms with Crippen molar-refractivity contribution >= 4 is 16.6 Å². The molecule has 3 heterocycles. The molecule has 1 N–H and O–H groups in total. The van der Waals surface area contributed by atoms with Crippen LogP contribution < -0.4 is 9.64 Å². The van der Waals surface area contributed by atoms with Gasteiger partial charge in [-0.2, -0.15) is 9.97 Å². The third-order valence-corrected chi connectivity index (χ3v) is 8.96. The van der Waals surface area contributed by atoms with Crippen LogP contribution in [0.15, 0.2) is 49.1 Å². The average molecular weight is 546 g/mol. The number of phenols is 1. The van der Waals surface area contributed by atoms with Crippen molar-refractivity contribution < 1.29 is 14.2 Å². The summed E-state index contributed by atoms with van der Waals surface area (Å²) in [5, 5.41) is 12.7. The summed E-state index contributed by atoms with van der Waals surface area (Å²) in [5.41, 5.74) is 3.39. The smallest absolute Gasteiger partial charge is 0.318 e. The molecule has 0 amide bonds.